The van der Waals surface area contributed by atoms with E-state index in [9.17, 15) is 29.4 Å². The van der Waals surface area contributed by atoms with Crippen LogP contribution in [0.15, 0.2) is 84.0 Å². The lowest BCUT2D eigenvalue weighted by Crippen LogP contribution is -2.58. The quantitative estimate of drug-likeness (QED) is 0.0263. The Balaban J connectivity index is 1.54. The number of aromatic amines is 1. The lowest BCUT2D eigenvalue weighted by Gasteiger charge is -2.30. The first-order valence-electron chi connectivity index (χ1n) is 20.1. The number of unbranched alkanes of at least 4 members (excludes halogenated alkanes) is 4. The number of primary amides is 1. The van der Waals surface area contributed by atoms with Crippen molar-refractivity contribution in [3.05, 3.63) is 95.7 Å². The maximum atomic E-state index is 14.3. The minimum atomic E-state index is -1.14. The molecule has 4 amide bonds. The number of phenols is 2. The molecule has 4 aromatic rings. The molecule has 0 fully saturated rings. The monoisotopic (exact) mass is 812 g/mol. The Morgan fingerprint density at radius 1 is 0.695 bits per heavy atom. The van der Waals surface area contributed by atoms with Crippen LogP contribution in [-0.2, 0) is 38.4 Å². The number of guanidine groups is 1. The van der Waals surface area contributed by atoms with Crippen molar-refractivity contribution in [2.24, 2.45) is 27.9 Å². The fourth-order valence-electron chi connectivity index (χ4n) is 6.89. The molecule has 4 atom stereocenters. The van der Waals surface area contributed by atoms with Gasteiger partial charge in [-0.1, -0.05) is 55.3 Å². The Morgan fingerprint density at radius 3 is 1.93 bits per heavy atom. The summed E-state index contributed by atoms with van der Waals surface area (Å²) in [5.41, 5.74) is 25.5. The standard InChI is InChI=1S/C43H60N10O6/c1-53(23-9-3-2-8-22-48-43(46)47)38(25-29-15-19-32(55)20-16-29)42(59)52-37(24-28-13-17-31(54)18-14-28)41(58)50-35(12-6-7-21-44)40(57)51-36(39(45)56)26-30-27-49-34-11-5-4-10-33(30)34/h4-5,10-11,13-20,27,35-38,49,54-55H,2-3,6-9,12,21-26,44H2,1H3,(H2,45,56)(H,50,58)(H,51,57)(H,52,59)(H4,46,47,48)/t35-,36-,37-,38-/m0/s1. The minimum absolute atomic E-state index is 0.0406. The van der Waals surface area contributed by atoms with Crippen molar-refractivity contribution in [1.29, 1.82) is 0 Å². The van der Waals surface area contributed by atoms with Gasteiger partial charge in [0, 0.05) is 36.5 Å². The van der Waals surface area contributed by atoms with Crippen LogP contribution >= 0.6 is 0 Å². The largest absolute Gasteiger partial charge is 0.508 e. The average Bonchev–Trinajstić information content (AvgIpc) is 3.62. The molecular weight excluding hydrogens is 753 g/mol. The molecule has 4 rings (SSSR count). The number of nitrogens with zero attached hydrogens (tertiary/aromatic N) is 2. The molecule has 0 unspecified atom stereocenters. The molecule has 318 valence electrons. The summed E-state index contributed by atoms with van der Waals surface area (Å²) in [6.45, 7) is 1.50. The molecule has 0 saturated heterocycles. The Morgan fingerprint density at radius 2 is 1.29 bits per heavy atom. The summed E-state index contributed by atoms with van der Waals surface area (Å²) in [6.07, 6.45) is 6.94. The molecule has 1 aromatic heterocycles. The number of phenolic OH excluding ortho intramolecular Hbond substituents is 2. The minimum Gasteiger partial charge on any atom is -0.508 e. The summed E-state index contributed by atoms with van der Waals surface area (Å²) < 4.78 is 0. The highest BCUT2D eigenvalue weighted by Crippen LogP contribution is 2.20. The van der Waals surface area contributed by atoms with Crippen LogP contribution in [0.1, 0.15) is 61.6 Å². The van der Waals surface area contributed by atoms with Crippen LogP contribution in [0.25, 0.3) is 10.9 Å². The first-order chi connectivity index (χ1) is 28.3. The third-order valence-corrected chi connectivity index (χ3v) is 10.3. The highest BCUT2D eigenvalue weighted by Gasteiger charge is 2.32. The van der Waals surface area contributed by atoms with Gasteiger partial charge in [0.05, 0.1) is 6.04 Å². The van der Waals surface area contributed by atoms with E-state index in [-0.39, 0.29) is 43.1 Å². The average molecular weight is 813 g/mol. The molecule has 0 saturated carbocycles. The van der Waals surface area contributed by atoms with Crippen molar-refractivity contribution in [3.63, 3.8) is 0 Å². The predicted octanol–water partition coefficient (Wildman–Crippen LogP) is 1.81. The zero-order valence-corrected chi connectivity index (χ0v) is 33.7. The number of nitrogens with two attached hydrogens (primary N) is 4. The van der Waals surface area contributed by atoms with Crippen molar-refractivity contribution in [3.8, 4) is 11.5 Å². The summed E-state index contributed by atoms with van der Waals surface area (Å²) in [5.74, 6) is -2.16. The number of rotatable bonds is 25. The molecule has 0 spiro atoms. The van der Waals surface area contributed by atoms with Gasteiger partial charge in [-0.25, -0.2) is 0 Å². The van der Waals surface area contributed by atoms with Gasteiger partial charge in [0.1, 0.15) is 29.6 Å². The number of amides is 4. The van der Waals surface area contributed by atoms with Crippen molar-refractivity contribution in [1.82, 2.24) is 25.8 Å². The van der Waals surface area contributed by atoms with Gasteiger partial charge in [0.15, 0.2) is 5.96 Å². The van der Waals surface area contributed by atoms with E-state index in [1.165, 1.54) is 12.1 Å². The maximum absolute atomic E-state index is 14.3. The molecule has 1 heterocycles. The van der Waals surface area contributed by atoms with Gasteiger partial charge in [-0.15, -0.1) is 0 Å². The molecule has 16 heteroatoms. The smallest absolute Gasteiger partial charge is 0.243 e. The van der Waals surface area contributed by atoms with E-state index in [1.807, 2.05) is 36.2 Å². The number of aliphatic imine (C=N–C) groups is 1. The highest BCUT2D eigenvalue weighted by atomic mass is 16.3. The van der Waals surface area contributed by atoms with E-state index < -0.39 is 47.8 Å². The molecule has 0 radical (unpaired) electrons. The third kappa shape index (κ3) is 15.0. The van der Waals surface area contributed by atoms with Crippen molar-refractivity contribution >= 4 is 40.5 Å². The second-order valence-corrected chi connectivity index (χ2v) is 14.9. The van der Waals surface area contributed by atoms with Crippen molar-refractivity contribution in [2.45, 2.75) is 88.4 Å². The number of para-hydroxylation sites is 1. The van der Waals surface area contributed by atoms with Crippen LogP contribution < -0.4 is 38.9 Å². The SMILES string of the molecule is CN(CCCCCCN=C(N)N)[C@@H](Cc1ccc(O)cc1)C(=O)N[C@@H](Cc1ccc(O)cc1)C(=O)N[C@@H](CCCCN)C(=O)N[C@@H](Cc1c[nH]c2ccccc12)C(N)=O. The number of hydrogen-bond acceptors (Lipinski definition) is 9. The molecular formula is C43H60N10O6. The first-order valence-corrected chi connectivity index (χ1v) is 20.1. The molecule has 0 bridgehead atoms. The van der Waals surface area contributed by atoms with Crippen LogP contribution in [0.2, 0.25) is 0 Å². The number of benzene rings is 3. The number of carbonyl (C=O) groups excluding carboxylic acids is 4. The van der Waals surface area contributed by atoms with E-state index in [4.69, 9.17) is 22.9 Å². The number of likely N-dealkylation sites (N-methyl/N-ethyl adjacent to an activating group) is 1. The van der Waals surface area contributed by atoms with Crippen molar-refractivity contribution < 1.29 is 29.4 Å². The Labute approximate surface area is 345 Å². The van der Waals surface area contributed by atoms with E-state index in [0.717, 1.165) is 47.7 Å². The summed E-state index contributed by atoms with van der Waals surface area (Å²) in [5, 5.41) is 29.3. The summed E-state index contributed by atoms with van der Waals surface area (Å²) in [7, 11) is 1.85. The molecule has 14 N–H and O–H groups in total. The second kappa shape index (κ2) is 23.3. The number of carbonyl (C=O) groups is 4. The van der Waals surface area contributed by atoms with E-state index in [0.29, 0.717) is 38.0 Å². The van der Waals surface area contributed by atoms with Gasteiger partial charge in [-0.05, 0) is 106 Å². The lowest BCUT2D eigenvalue weighted by atomic mass is 10.00. The normalized spacial score (nSPS) is 13.3. The molecule has 0 aliphatic carbocycles. The number of aromatic hydroxyl groups is 2. The van der Waals surface area contributed by atoms with Gasteiger partial charge in [0.25, 0.3) is 0 Å². The lowest BCUT2D eigenvalue weighted by molar-refractivity contribution is -0.134. The Hall–Kier alpha value is -6.13. The summed E-state index contributed by atoms with van der Waals surface area (Å²) >= 11 is 0. The zero-order valence-electron chi connectivity index (χ0n) is 33.7. The number of hydrogen-bond donors (Lipinski definition) is 10. The number of aromatic nitrogens is 1. The van der Waals surface area contributed by atoms with Crippen LogP contribution in [0.3, 0.4) is 0 Å². The zero-order chi connectivity index (χ0) is 42.7. The highest BCUT2D eigenvalue weighted by molar-refractivity contribution is 5.95. The maximum Gasteiger partial charge on any atom is 0.243 e. The van der Waals surface area contributed by atoms with Crippen LogP contribution in [0, 0.1) is 0 Å². The molecule has 3 aromatic carbocycles. The van der Waals surface area contributed by atoms with Crippen molar-refractivity contribution in [2.75, 3.05) is 26.7 Å². The van der Waals surface area contributed by atoms with Gasteiger partial charge in [-0.2, -0.15) is 0 Å². The first kappa shape index (κ1) is 45.6. The van der Waals surface area contributed by atoms with Gasteiger partial charge in [-0.3, -0.25) is 29.1 Å². The fourth-order valence-corrected chi connectivity index (χ4v) is 6.89. The molecule has 0 aliphatic heterocycles. The van der Waals surface area contributed by atoms with Crippen LogP contribution in [0.5, 0.6) is 11.5 Å². The summed E-state index contributed by atoms with van der Waals surface area (Å²) in [4.78, 5) is 64.4. The number of fused-ring (bicyclic) bond motifs is 1. The van der Waals surface area contributed by atoms with E-state index in [1.54, 1.807) is 42.6 Å². The van der Waals surface area contributed by atoms with Crippen LogP contribution in [-0.4, -0.2) is 101 Å². The van der Waals surface area contributed by atoms with Gasteiger partial charge >= 0.3 is 0 Å². The predicted molar refractivity (Wildman–Crippen MR) is 229 cm³/mol. The number of H-pyrrole nitrogens is 1. The number of nitrogens with one attached hydrogen (secondary N) is 4. The van der Waals surface area contributed by atoms with Gasteiger partial charge in [0.2, 0.25) is 23.6 Å². The third-order valence-electron chi connectivity index (χ3n) is 10.3. The fraction of sp³-hybridized carbons (Fsp3) is 0.419. The van der Waals surface area contributed by atoms with Gasteiger partial charge < -0.3 is 54.1 Å². The molecule has 59 heavy (non-hydrogen) atoms. The van der Waals surface area contributed by atoms with E-state index >= 15 is 0 Å². The summed E-state index contributed by atoms with van der Waals surface area (Å²) in [6, 6.07) is 16.5. The molecule has 0 aliphatic rings. The Kier molecular flexibility index (Phi) is 18.0. The topological polar surface area (TPSA) is 280 Å². The van der Waals surface area contributed by atoms with Crippen LogP contribution in [0.4, 0.5) is 0 Å². The Bertz CT molecular complexity index is 1980. The second-order valence-electron chi connectivity index (χ2n) is 14.9. The molecule has 16 nitrogen and oxygen atoms in total. The van der Waals surface area contributed by atoms with E-state index in [2.05, 4.69) is 25.9 Å².